The maximum Gasteiger partial charge on any atom is 0.146 e. The van der Waals surface area contributed by atoms with Crippen molar-refractivity contribution in [3.63, 3.8) is 0 Å². The van der Waals surface area contributed by atoms with Crippen LogP contribution in [0.25, 0.3) is 55.4 Å². The summed E-state index contributed by atoms with van der Waals surface area (Å²) < 4.78 is 4.42. The third-order valence-corrected chi connectivity index (χ3v) is 6.08. The first-order chi connectivity index (χ1) is 15.9. The summed E-state index contributed by atoms with van der Waals surface area (Å²) in [4.78, 5) is 13.9. The van der Waals surface area contributed by atoms with Gasteiger partial charge in [0.1, 0.15) is 17.8 Å². The van der Waals surface area contributed by atoms with Gasteiger partial charge in [0.2, 0.25) is 0 Å². The van der Waals surface area contributed by atoms with E-state index in [-0.39, 0.29) is 0 Å². The average Bonchev–Trinajstić information content (AvgIpc) is 3.36. The highest BCUT2D eigenvalue weighted by Gasteiger charge is 2.19. The fourth-order valence-electron chi connectivity index (χ4n) is 4.74. The highest BCUT2D eigenvalue weighted by molar-refractivity contribution is 6.15. The van der Waals surface area contributed by atoms with Crippen molar-refractivity contribution in [3.8, 4) is 11.5 Å². The van der Waals surface area contributed by atoms with E-state index in [9.17, 15) is 0 Å². The van der Waals surface area contributed by atoms with Crippen molar-refractivity contribution in [3.05, 3.63) is 104 Å². The van der Waals surface area contributed by atoms with Gasteiger partial charge in [-0.1, -0.05) is 54.6 Å². The smallest absolute Gasteiger partial charge is 0.146 e. The molecule has 0 atom stereocenters. The van der Waals surface area contributed by atoms with Crippen LogP contribution in [0.15, 0.2) is 104 Å². The topological polar surface area (TPSA) is 48.5 Å². The van der Waals surface area contributed by atoms with Crippen LogP contribution in [0.4, 0.5) is 0 Å². The average molecular weight is 411 g/mol. The zero-order valence-corrected chi connectivity index (χ0v) is 17.1. The van der Waals surface area contributed by atoms with Gasteiger partial charge in [-0.25, -0.2) is 15.0 Å². The molecule has 5 heteroatoms. The monoisotopic (exact) mass is 411 g/mol. The van der Waals surface area contributed by atoms with Crippen LogP contribution in [0.1, 0.15) is 0 Å². The maximum atomic E-state index is 5.26. The number of para-hydroxylation sites is 3. The Morgan fingerprint density at radius 3 is 2.09 bits per heavy atom. The van der Waals surface area contributed by atoms with Crippen LogP contribution in [0.2, 0.25) is 0 Å². The summed E-state index contributed by atoms with van der Waals surface area (Å²) in [5, 5.41) is 3.41. The lowest BCUT2D eigenvalue weighted by molar-refractivity contribution is 1.04. The van der Waals surface area contributed by atoms with E-state index in [1.807, 2.05) is 12.1 Å². The summed E-state index contributed by atoms with van der Waals surface area (Å²) in [6, 6.07) is 31.5. The second-order valence-corrected chi connectivity index (χ2v) is 7.84. The number of nitrogens with zero attached hydrogens (tertiary/aromatic N) is 5. The lowest BCUT2D eigenvalue weighted by atomic mass is 10.2. The maximum absolute atomic E-state index is 5.26. The van der Waals surface area contributed by atoms with Gasteiger partial charge in [0.15, 0.2) is 0 Å². The van der Waals surface area contributed by atoms with Gasteiger partial charge in [-0.15, -0.1) is 0 Å². The fraction of sp³-hybridized carbons (Fsp3) is 0. The molecule has 0 radical (unpaired) electrons. The van der Waals surface area contributed by atoms with Gasteiger partial charge >= 0.3 is 0 Å². The Morgan fingerprint density at radius 2 is 1.31 bits per heavy atom. The largest absolute Gasteiger partial charge is 0.294 e. The zero-order chi connectivity index (χ0) is 21.1. The van der Waals surface area contributed by atoms with Crippen molar-refractivity contribution >= 4 is 43.9 Å². The second-order valence-electron chi connectivity index (χ2n) is 7.84. The Morgan fingerprint density at radius 1 is 0.594 bits per heavy atom. The molecule has 0 aliphatic carbocycles. The molecular formula is C27H17N5. The summed E-state index contributed by atoms with van der Waals surface area (Å²) in [6.07, 6.45) is 3.36. The summed E-state index contributed by atoms with van der Waals surface area (Å²) in [7, 11) is 0. The predicted octanol–water partition coefficient (Wildman–Crippen LogP) is 6.07. The van der Waals surface area contributed by atoms with Crippen LogP contribution in [-0.4, -0.2) is 24.1 Å². The highest BCUT2D eigenvalue weighted by atomic mass is 15.1. The number of pyridine rings is 1. The van der Waals surface area contributed by atoms with E-state index >= 15 is 0 Å². The van der Waals surface area contributed by atoms with Crippen LogP contribution in [-0.2, 0) is 0 Å². The van der Waals surface area contributed by atoms with Gasteiger partial charge in [-0.2, -0.15) is 0 Å². The molecule has 150 valence electrons. The van der Waals surface area contributed by atoms with E-state index in [1.165, 1.54) is 5.39 Å². The summed E-state index contributed by atoms with van der Waals surface area (Å²) in [5.74, 6) is 0.833. The quantitative estimate of drug-likeness (QED) is 0.347. The van der Waals surface area contributed by atoms with Gasteiger partial charge in [-0.3, -0.25) is 9.13 Å². The predicted molar refractivity (Wildman–Crippen MR) is 129 cm³/mol. The molecule has 0 amide bonds. The molecule has 0 saturated heterocycles. The van der Waals surface area contributed by atoms with Gasteiger partial charge in [0, 0.05) is 28.0 Å². The minimum atomic E-state index is 0.833. The first-order valence-electron chi connectivity index (χ1n) is 10.6. The normalized spacial score (nSPS) is 11.8. The number of hydrogen-bond donors (Lipinski definition) is 0. The minimum absolute atomic E-state index is 0.833. The summed E-state index contributed by atoms with van der Waals surface area (Å²) in [5.41, 5.74) is 6.28. The molecule has 0 spiro atoms. The van der Waals surface area contributed by atoms with E-state index in [2.05, 4.69) is 98.0 Å². The molecule has 0 unspecified atom stereocenters. The third kappa shape index (κ3) is 2.30. The molecule has 5 nitrogen and oxygen atoms in total. The Labute approximate surface area is 183 Å². The number of benzene rings is 3. The SMILES string of the molecule is c1ccc(-n2c3ccccc3c3cc4c(nc32)c2ccccc2n4-c2ccncn2)cc1. The molecule has 3 aromatic carbocycles. The third-order valence-electron chi connectivity index (χ3n) is 6.08. The van der Waals surface area contributed by atoms with E-state index in [1.54, 1.807) is 12.5 Å². The summed E-state index contributed by atoms with van der Waals surface area (Å²) >= 11 is 0. The zero-order valence-electron chi connectivity index (χ0n) is 17.1. The molecule has 32 heavy (non-hydrogen) atoms. The van der Waals surface area contributed by atoms with Crippen LogP contribution in [0.3, 0.4) is 0 Å². The second kappa shape index (κ2) is 6.49. The Hall–Kier alpha value is -4.51. The van der Waals surface area contributed by atoms with Gasteiger partial charge in [0.25, 0.3) is 0 Å². The number of fused-ring (bicyclic) bond motifs is 6. The first kappa shape index (κ1) is 17.2. The molecule has 0 aliphatic rings. The first-order valence-corrected chi connectivity index (χ1v) is 10.6. The van der Waals surface area contributed by atoms with Crippen LogP contribution in [0.5, 0.6) is 0 Å². The Bertz CT molecular complexity index is 1630. The standard InChI is InChI=1S/C27H17N5/c1-2-8-18(9-3-1)31-22-12-6-4-10-19(22)21-16-24-26(30-27(21)31)20-11-5-7-13-23(20)32(24)25-14-15-28-17-29-25/h1-17H. The molecule has 7 rings (SSSR count). The van der Waals surface area contributed by atoms with Crippen molar-refractivity contribution in [1.29, 1.82) is 0 Å². The van der Waals surface area contributed by atoms with Gasteiger partial charge in [0.05, 0.1) is 22.1 Å². The molecule has 0 N–H and O–H groups in total. The van der Waals surface area contributed by atoms with Crippen molar-refractivity contribution in [2.24, 2.45) is 0 Å². The van der Waals surface area contributed by atoms with E-state index in [4.69, 9.17) is 4.98 Å². The van der Waals surface area contributed by atoms with Crippen molar-refractivity contribution < 1.29 is 0 Å². The van der Waals surface area contributed by atoms with E-state index in [0.717, 1.165) is 50.0 Å². The highest BCUT2D eigenvalue weighted by Crippen LogP contribution is 2.37. The molecule has 0 saturated carbocycles. The summed E-state index contributed by atoms with van der Waals surface area (Å²) in [6.45, 7) is 0. The van der Waals surface area contributed by atoms with Crippen molar-refractivity contribution in [2.45, 2.75) is 0 Å². The number of hydrogen-bond acceptors (Lipinski definition) is 3. The fourth-order valence-corrected chi connectivity index (χ4v) is 4.74. The van der Waals surface area contributed by atoms with Crippen LogP contribution >= 0.6 is 0 Å². The lowest BCUT2D eigenvalue weighted by Gasteiger charge is -2.07. The van der Waals surface area contributed by atoms with Crippen LogP contribution < -0.4 is 0 Å². The van der Waals surface area contributed by atoms with Gasteiger partial charge < -0.3 is 0 Å². The number of aromatic nitrogens is 5. The van der Waals surface area contributed by atoms with Crippen LogP contribution in [0, 0.1) is 0 Å². The molecule has 4 aromatic heterocycles. The Kier molecular flexibility index (Phi) is 3.49. The van der Waals surface area contributed by atoms with E-state index in [0.29, 0.717) is 0 Å². The molecule has 0 fully saturated rings. The molecule has 0 bridgehead atoms. The molecule has 4 heterocycles. The van der Waals surface area contributed by atoms with Crippen molar-refractivity contribution in [2.75, 3.05) is 0 Å². The Balaban J connectivity index is 1.71. The molecular weight excluding hydrogens is 394 g/mol. The number of rotatable bonds is 2. The lowest BCUT2D eigenvalue weighted by Crippen LogP contribution is -1.98. The van der Waals surface area contributed by atoms with E-state index < -0.39 is 0 Å². The van der Waals surface area contributed by atoms with Crippen molar-refractivity contribution in [1.82, 2.24) is 24.1 Å². The minimum Gasteiger partial charge on any atom is -0.294 e. The molecule has 0 aliphatic heterocycles. The van der Waals surface area contributed by atoms with Gasteiger partial charge in [-0.05, 0) is 36.4 Å². The molecule has 7 aromatic rings.